The Morgan fingerprint density at radius 3 is 2.33 bits per heavy atom. The van der Waals surface area contributed by atoms with Crippen LogP contribution in [0.2, 0.25) is 0 Å². The summed E-state index contributed by atoms with van der Waals surface area (Å²) in [5.41, 5.74) is 1.72. The number of hydrogen-bond donors (Lipinski definition) is 0. The summed E-state index contributed by atoms with van der Waals surface area (Å²) < 4.78 is 1.78. The molecule has 0 unspecified atom stereocenters. The Balaban J connectivity index is 2.23. The Labute approximate surface area is 136 Å². The highest BCUT2D eigenvalue weighted by Crippen LogP contribution is 2.38. The van der Waals surface area contributed by atoms with Gasteiger partial charge in [-0.2, -0.15) is 4.74 Å². The third-order valence-electron chi connectivity index (χ3n) is 3.87. The van der Waals surface area contributed by atoms with Gasteiger partial charge < -0.3 is 15.0 Å². The van der Waals surface area contributed by atoms with Gasteiger partial charge in [-0.25, -0.2) is 0 Å². The quantitative estimate of drug-likeness (QED) is 0.281. The van der Waals surface area contributed by atoms with Crippen LogP contribution in [0, 0.1) is 5.21 Å². The Kier molecular flexibility index (Phi) is 4.49. The van der Waals surface area contributed by atoms with Crippen LogP contribution in [0.3, 0.4) is 0 Å². The van der Waals surface area contributed by atoms with Crippen molar-refractivity contribution in [2.75, 3.05) is 26.0 Å². The lowest BCUT2D eigenvalue weighted by Crippen LogP contribution is -2.47. The van der Waals surface area contributed by atoms with Crippen LogP contribution in [0.4, 0.5) is 5.69 Å². The van der Waals surface area contributed by atoms with E-state index in [1.807, 2.05) is 69.1 Å². The maximum Gasteiger partial charge on any atom is 0.238 e. The van der Waals surface area contributed by atoms with E-state index in [2.05, 4.69) is 0 Å². The summed E-state index contributed by atoms with van der Waals surface area (Å²) in [6.07, 6.45) is 1.64. The van der Waals surface area contributed by atoms with Crippen LogP contribution in [0.25, 0.3) is 0 Å². The average Bonchev–Trinajstić information content (AvgIpc) is 2.63. The van der Waals surface area contributed by atoms with E-state index < -0.39 is 0 Å². The van der Waals surface area contributed by atoms with Gasteiger partial charge in [0, 0.05) is 32.4 Å². The van der Waals surface area contributed by atoms with Crippen molar-refractivity contribution in [2.24, 2.45) is 0 Å². The summed E-state index contributed by atoms with van der Waals surface area (Å²) in [7, 11) is 5.93. The fourth-order valence-electron chi connectivity index (χ4n) is 2.16. The molecule has 1 fully saturated rings. The van der Waals surface area contributed by atoms with Gasteiger partial charge in [0.25, 0.3) is 0 Å². The van der Waals surface area contributed by atoms with Crippen LogP contribution in [0.15, 0.2) is 24.3 Å². The van der Waals surface area contributed by atoms with Crippen molar-refractivity contribution in [1.82, 2.24) is 4.90 Å². The summed E-state index contributed by atoms with van der Waals surface area (Å²) in [5.74, 6) is 0. The molecule has 0 spiro atoms. The second-order valence-electron chi connectivity index (χ2n) is 5.92. The lowest BCUT2D eigenvalue weighted by atomic mass is 10.0. The van der Waals surface area contributed by atoms with E-state index in [0.29, 0.717) is 0 Å². The highest BCUT2D eigenvalue weighted by molar-refractivity contribution is 8.23. The molecular formula is C15H21N3OS2. The predicted molar refractivity (Wildman–Crippen MR) is 95.4 cm³/mol. The minimum atomic E-state index is -0.288. The van der Waals surface area contributed by atoms with Gasteiger partial charge >= 0.3 is 0 Å². The molecule has 1 atom stereocenters. The van der Waals surface area contributed by atoms with Crippen LogP contribution in [0.1, 0.15) is 19.4 Å². The molecule has 0 radical (unpaired) electrons. The van der Waals surface area contributed by atoms with Crippen molar-refractivity contribution in [3.63, 3.8) is 0 Å². The first-order valence-corrected chi connectivity index (χ1v) is 8.04. The number of thiocarbonyl (C=S) groups is 1. The maximum atomic E-state index is 12.5. The van der Waals surface area contributed by atoms with E-state index in [-0.39, 0.29) is 10.9 Å². The van der Waals surface area contributed by atoms with Crippen LogP contribution < -0.4 is 4.90 Å². The van der Waals surface area contributed by atoms with E-state index in [1.54, 1.807) is 6.21 Å². The molecule has 0 bridgehead atoms. The Morgan fingerprint density at radius 1 is 1.33 bits per heavy atom. The lowest BCUT2D eigenvalue weighted by Gasteiger charge is -2.30. The molecular weight excluding hydrogens is 302 g/mol. The van der Waals surface area contributed by atoms with E-state index in [0.717, 1.165) is 20.3 Å². The van der Waals surface area contributed by atoms with Gasteiger partial charge in [0.05, 0.1) is 0 Å². The zero-order valence-corrected chi connectivity index (χ0v) is 14.7. The summed E-state index contributed by atoms with van der Waals surface area (Å²) in [5, 5.41) is 12.3. The number of benzene rings is 1. The van der Waals surface area contributed by atoms with Gasteiger partial charge in [-0.05, 0) is 49.9 Å². The first-order chi connectivity index (χ1) is 9.73. The zero-order valence-electron chi connectivity index (χ0n) is 13.0. The maximum absolute atomic E-state index is 12.5. The smallest absolute Gasteiger partial charge is 0.238 e. The highest BCUT2D eigenvalue weighted by Gasteiger charge is 2.48. The number of hydrogen-bond acceptors (Lipinski definition) is 4. The molecule has 1 heterocycles. The van der Waals surface area contributed by atoms with Crippen molar-refractivity contribution in [1.29, 1.82) is 0 Å². The van der Waals surface area contributed by atoms with Crippen molar-refractivity contribution in [2.45, 2.75) is 24.8 Å². The molecule has 114 valence electrons. The van der Waals surface area contributed by atoms with E-state index in [1.165, 1.54) is 11.8 Å². The third-order valence-corrected chi connectivity index (χ3v) is 5.92. The van der Waals surface area contributed by atoms with Crippen molar-refractivity contribution < 1.29 is 4.74 Å². The summed E-state index contributed by atoms with van der Waals surface area (Å²) in [6.45, 7) is 4.08. The second kappa shape index (κ2) is 5.85. The van der Waals surface area contributed by atoms with Crippen molar-refractivity contribution in [3.05, 3.63) is 35.0 Å². The molecule has 0 saturated carbocycles. The molecule has 1 aromatic carbocycles. The SMILES string of the molecule is CN(C)c1ccc(/C=[N+](\[O-])[C@H]2SC(=S)N(C)C2(C)C)cc1. The molecule has 1 aromatic rings. The normalized spacial score (nSPS) is 21.8. The third kappa shape index (κ3) is 3.16. The number of hydroxylamine groups is 1. The summed E-state index contributed by atoms with van der Waals surface area (Å²) in [6, 6.07) is 7.91. The van der Waals surface area contributed by atoms with Gasteiger partial charge in [0.15, 0.2) is 6.21 Å². The fraction of sp³-hybridized carbons (Fsp3) is 0.467. The molecule has 21 heavy (non-hydrogen) atoms. The minimum Gasteiger partial charge on any atom is -0.623 e. The monoisotopic (exact) mass is 323 g/mol. The first-order valence-electron chi connectivity index (χ1n) is 6.75. The van der Waals surface area contributed by atoms with Gasteiger partial charge in [0.2, 0.25) is 5.37 Å². The van der Waals surface area contributed by atoms with E-state index in [9.17, 15) is 5.21 Å². The van der Waals surface area contributed by atoms with Gasteiger partial charge in [-0.1, -0.05) is 12.2 Å². The van der Waals surface area contributed by atoms with Crippen molar-refractivity contribution in [3.8, 4) is 0 Å². The lowest BCUT2D eigenvalue weighted by molar-refractivity contribution is -0.480. The first kappa shape index (κ1) is 16.1. The number of nitrogens with zero attached hydrogens (tertiary/aromatic N) is 3. The van der Waals surface area contributed by atoms with Gasteiger partial charge in [-0.15, -0.1) is 0 Å². The molecule has 1 saturated heterocycles. The van der Waals surface area contributed by atoms with Crippen molar-refractivity contribution >= 4 is 40.2 Å². The molecule has 1 aliphatic rings. The summed E-state index contributed by atoms with van der Waals surface area (Å²) >= 11 is 6.75. The number of likely N-dealkylation sites (N-methyl/N-ethyl adjacent to an activating group) is 1. The number of anilines is 1. The molecule has 0 amide bonds. The molecule has 1 aliphatic heterocycles. The zero-order chi connectivity index (χ0) is 15.8. The Bertz CT molecular complexity index is 567. The Morgan fingerprint density at radius 2 is 1.90 bits per heavy atom. The van der Waals surface area contributed by atoms with Crippen LogP contribution in [-0.2, 0) is 0 Å². The molecule has 0 aliphatic carbocycles. The number of rotatable bonds is 3. The minimum absolute atomic E-state index is 0.233. The molecule has 0 N–H and O–H groups in total. The van der Waals surface area contributed by atoms with Crippen LogP contribution in [0.5, 0.6) is 0 Å². The summed E-state index contributed by atoms with van der Waals surface area (Å²) in [4.78, 5) is 4.02. The molecule has 2 rings (SSSR count). The standard InChI is InChI=1S/C15H21N3OS2/c1-15(2)13(21-14(20)17(15)5)18(19)10-11-6-8-12(9-7-11)16(3)4/h6-10,13H,1-5H3/b18-10-/t13-/m0/s1. The average molecular weight is 323 g/mol. The molecule has 0 aromatic heterocycles. The van der Waals surface area contributed by atoms with Gasteiger partial charge in [0.1, 0.15) is 9.86 Å². The highest BCUT2D eigenvalue weighted by atomic mass is 32.2. The Hall–Kier alpha value is -1.27. The van der Waals surface area contributed by atoms with Crippen LogP contribution in [-0.4, -0.2) is 52.2 Å². The fourth-order valence-corrected chi connectivity index (χ4v) is 3.86. The predicted octanol–water partition coefficient (Wildman–Crippen LogP) is 2.75. The molecule has 4 nitrogen and oxygen atoms in total. The topological polar surface area (TPSA) is 32.5 Å². The van der Waals surface area contributed by atoms with E-state index >= 15 is 0 Å². The van der Waals surface area contributed by atoms with Crippen LogP contribution >= 0.6 is 24.0 Å². The second-order valence-corrected chi connectivity index (χ2v) is 7.64. The molecule has 6 heteroatoms. The van der Waals surface area contributed by atoms with E-state index in [4.69, 9.17) is 12.2 Å². The number of thioether (sulfide) groups is 1. The van der Waals surface area contributed by atoms with Gasteiger partial charge in [-0.3, -0.25) is 0 Å². The largest absolute Gasteiger partial charge is 0.623 e.